The molecular formula is C29H30F2N6O3. The summed E-state index contributed by atoms with van der Waals surface area (Å²) in [4.78, 5) is 22.0. The number of carbonyl (C=O) groups is 1. The lowest BCUT2D eigenvalue weighted by molar-refractivity contribution is -0.139. The van der Waals surface area contributed by atoms with Crippen molar-refractivity contribution in [1.82, 2.24) is 24.9 Å². The van der Waals surface area contributed by atoms with Crippen LogP contribution < -0.4 is 4.90 Å². The maximum absolute atomic E-state index is 15.2. The third kappa shape index (κ3) is 5.07. The first-order valence-corrected chi connectivity index (χ1v) is 13.7. The fourth-order valence-corrected chi connectivity index (χ4v) is 5.88. The van der Waals surface area contributed by atoms with Crippen LogP contribution in [0.5, 0.6) is 0 Å². The van der Waals surface area contributed by atoms with E-state index in [1.165, 1.54) is 24.0 Å². The molecule has 0 spiro atoms. The quantitative estimate of drug-likeness (QED) is 0.315. The van der Waals surface area contributed by atoms with Crippen LogP contribution in [0.2, 0.25) is 0 Å². The van der Waals surface area contributed by atoms with Gasteiger partial charge in [-0.3, -0.25) is 4.68 Å². The van der Waals surface area contributed by atoms with Gasteiger partial charge >= 0.3 is 5.97 Å². The van der Waals surface area contributed by atoms with E-state index in [0.717, 1.165) is 31.0 Å². The van der Waals surface area contributed by atoms with Crippen molar-refractivity contribution in [3.05, 3.63) is 65.6 Å². The lowest BCUT2D eigenvalue weighted by atomic mass is 9.92. The Hall–Kier alpha value is -4.15. The van der Waals surface area contributed by atoms with Crippen molar-refractivity contribution in [3.63, 3.8) is 0 Å². The molecule has 0 radical (unpaired) electrons. The molecule has 208 valence electrons. The minimum absolute atomic E-state index is 0.0737. The Kier molecular flexibility index (Phi) is 7.03. The van der Waals surface area contributed by atoms with Gasteiger partial charge in [-0.1, -0.05) is 37.1 Å². The summed E-state index contributed by atoms with van der Waals surface area (Å²) in [5, 5.41) is 18.4. The number of aliphatic carboxylic acids is 1. The smallest absolute Gasteiger partial charge is 0.326 e. The van der Waals surface area contributed by atoms with E-state index in [9.17, 15) is 14.3 Å². The van der Waals surface area contributed by atoms with Crippen LogP contribution in [0.3, 0.4) is 0 Å². The summed E-state index contributed by atoms with van der Waals surface area (Å²) in [7, 11) is 0. The van der Waals surface area contributed by atoms with Crippen LogP contribution >= 0.6 is 0 Å². The first-order chi connectivity index (χ1) is 19.4. The van der Waals surface area contributed by atoms with Crippen molar-refractivity contribution in [2.24, 2.45) is 5.92 Å². The molecule has 0 unspecified atom stereocenters. The molecule has 2 fully saturated rings. The molecule has 2 atom stereocenters. The summed E-state index contributed by atoms with van der Waals surface area (Å²) in [6.07, 6.45) is 8.09. The summed E-state index contributed by atoms with van der Waals surface area (Å²) < 4.78 is 36.8. The van der Waals surface area contributed by atoms with E-state index in [1.54, 1.807) is 28.9 Å². The van der Waals surface area contributed by atoms with Gasteiger partial charge in [-0.2, -0.15) is 5.10 Å². The predicted molar refractivity (Wildman–Crippen MR) is 143 cm³/mol. The van der Waals surface area contributed by atoms with E-state index in [1.807, 2.05) is 13.0 Å². The molecule has 1 aliphatic carbocycles. The van der Waals surface area contributed by atoms with Gasteiger partial charge in [-0.25, -0.2) is 23.5 Å². The Morgan fingerprint density at radius 3 is 2.65 bits per heavy atom. The largest absolute Gasteiger partial charge is 0.480 e. The molecule has 6 rings (SSSR count). The van der Waals surface area contributed by atoms with Crippen LogP contribution in [0.25, 0.3) is 22.9 Å². The number of rotatable bonds is 7. The minimum atomic E-state index is -1.02. The number of carboxylic acid groups (broad SMARTS) is 1. The molecule has 4 heterocycles. The highest BCUT2D eigenvalue weighted by molar-refractivity contribution is 5.78. The fraction of sp³-hybridized carbons (Fsp3) is 0.414. The van der Waals surface area contributed by atoms with Crippen molar-refractivity contribution in [1.29, 1.82) is 0 Å². The maximum atomic E-state index is 15.2. The molecule has 1 aromatic carbocycles. The second-order valence-corrected chi connectivity index (χ2v) is 10.8. The zero-order valence-electron chi connectivity index (χ0n) is 22.1. The van der Waals surface area contributed by atoms with Crippen molar-refractivity contribution in [3.8, 4) is 22.9 Å². The van der Waals surface area contributed by atoms with Gasteiger partial charge in [0.25, 0.3) is 0 Å². The van der Waals surface area contributed by atoms with Crippen LogP contribution in [-0.2, 0) is 11.3 Å². The first-order valence-electron chi connectivity index (χ1n) is 13.7. The molecule has 4 aromatic rings. The van der Waals surface area contributed by atoms with Gasteiger partial charge in [0, 0.05) is 18.2 Å². The number of piperidine rings is 1. The topological polar surface area (TPSA) is 110 Å². The van der Waals surface area contributed by atoms with Crippen molar-refractivity contribution in [2.45, 2.75) is 64.0 Å². The zero-order valence-corrected chi connectivity index (χ0v) is 22.1. The normalized spacial score (nSPS) is 19.8. The number of nitrogens with zero attached hydrogens (tertiary/aromatic N) is 6. The minimum Gasteiger partial charge on any atom is -0.480 e. The molecule has 1 aliphatic heterocycles. The van der Waals surface area contributed by atoms with Crippen LogP contribution in [0.1, 0.15) is 62.5 Å². The van der Waals surface area contributed by atoms with Crippen molar-refractivity contribution >= 4 is 11.8 Å². The number of carboxylic acids is 1. The molecule has 11 heteroatoms. The summed E-state index contributed by atoms with van der Waals surface area (Å²) in [5.74, 6) is -1.37. The van der Waals surface area contributed by atoms with E-state index >= 15 is 4.39 Å². The van der Waals surface area contributed by atoms with Gasteiger partial charge in [0.1, 0.15) is 29.5 Å². The number of hydrogen-bond donors (Lipinski definition) is 1. The third-order valence-corrected chi connectivity index (χ3v) is 8.08. The van der Waals surface area contributed by atoms with E-state index < -0.39 is 17.8 Å². The number of benzene rings is 1. The van der Waals surface area contributed by atoms with Crippen LogP contribution in [0, 0.1) is 17.6 Å². The lowest BCUT2D eigenvalue weighted by Gasteiger charge is -2.36. The highest BCUT2D eigenvalue weighted by Crippen LogP contribution is 2.35. The Balaban J connectivity index is 1.35. The maximum Gasteiger partial charge on any atom is 0.326 e. The number of anilines is 1. The molecule has 0 bridgehead atoms. The molecule has 3 aromatic heterocycles. The van der Waals surface area contributed by atoms with Gasteiger partial charge in [0.2, 0.25) is 0 Å². The molecule has 9 nitrogen and oxygen atoms in total. The van der Waals surface area contributed by atoms with Gasteiger partial charge in [0.15, 0.2) is 17.5 Å². The highest BCUT2D eigenvalue weighted by Gasteiger charge is 2.34. The Morgan fingerprint density at radius 2 is 1.93 bits per heavy atom. The van der Waals surface area contributed by atoms with E-state index in [2.05, 4.69) is 20.2 Å². The predicted octanol–water partition coefficient (Wildman–Crippen LogP) is 5.67. The van der Waals surface area contributed by atoms with Gasteiger partial charge in [-0.05, 0) is 55.2 Å². The molecule has 1 saturated heterocycles. The summed E-state index contributed by atoms with van der Waals surface area (Å²) in [5.41, 5.74) is 2.84. The van der Waals surface area contributed by atoms with E-state index in [4.69, 9.17) is 4.52 Å². The van der Waals surface area contributed by atoms with Gasteiger partial charge < -0.3 is 14.5 Å². The van der Waals surface area contributed by atoms with Crippen LogP contribution in [0.15, 0.2) is 47.3 Å². The molecular weight excluding hydrogens is 518 g/mol. The second kappa shape index (κ2) is 10.8. The summed E-state index contributed by atoms with van der Waals surface area (Å²) in [6, 6.07) is 7.88. The average molecular weight is 549 g/mol. The van der Waals surface area contributed by atoms with Gasteiger partial charge in [-0.15, -0.1) is 0 Å². The van der Waals surface area contributed by atoms with Crippen LogP contribution in [0.4, 0.5) is 14.6 Å². The summed E-state index contributed by atoms with van der Waals surface area (Å²) in [6.45, 7) is 2.47. The van der Waals surface area contributed by atoms with Crippen molar-refractivity contribution < 1.29 is 23.2 Å². The third-order valence-electron chi connectivity index (χ3n) is 8.08. The number of aromatic nitrogens is 5. The van der Waals surface area contributed by atoms with Crippen molar-refractivity contribution in [2.75, 3.05) is 11.4 Å². The van der Waals surface area contributed by atoms with Gasteiger partial charge in [0.05, 0.1) is 18.4 Å². The Labute approximate surface area is 229 Å². The first kappa shape index (κ1) is 26.1. The highest BCUT2D eigenvalue weighted by atomic mass is 19.1. The molecule has 1 saturated carbocycles. The molecule has 40 heavy (non-hydrogen) atoms. The molecule has 2 aliphatic rings. The van der Waals surface area contributed by atoms with E-state index in [0.29, 0.717) is 41.5 Å². The SMILES string of the molecule is C[C@H]1CCN(c2nc(-c3cc(-c4ccon4)n(Cc4ccc(C5CCCC5)cc4F)n3)ncc2F)[C@H](C(=O)O)C1. The molecule has 1 N–H and O–H groups in total. The standard InChI is InChI=1S/C29H30F2N6O3/c1-17-8-10-36(26(12-17)29(38)39)28-22(31)15-32-27(33-28)24-14-25(23-9-11-40-35-23)37(34-24)16-20-7-6-19(13-21(20)30)18-4-2-3-5-18/h6-7,9,11,13-15,17-18,26H,2-5,8,10,12,16H2,1H3,(H,38,39)/t17-,26-/m0/s1. The summed E-state index contributed by atoms with van der Waals surface area (Å²) >= 11 is 0. The van der Waals surface area contributed by atoms with Crippen LogP contribution in [-0.4, -0.2) is 48.6 Å². The monoisotopic (exact) mass is 548 g/mol. The fourth-order valence-electron chi connectivity index (χ4n) is 5.88. The zero-order chi connectivity index (χ0) is 27.8. The second-order valence-electron chi connectivity index (χ2n) is 10.8. The Morgan fingerprint density at radius 1 is 1.10 bits per heavy atom. The molecule has 0 amide bonds. The average Bonchev–Trinajstić information content (AvgIpc) is 3.72. The number of hydrogen-bond acceptors (Lipinski definition) is 7. The lowest BCUT2D eigenvalue weighted by Crippen LogP contribution is -2.47. The van der Waals surface area contributed by atoms with E-state index in [-0.39, 0.29) is 29.9 Å². The Bertz CT molecular complexity index is 1520. The number of halogens is 2.